The number of benzene rings is 2. The number of amides is 2. The minimum absolute atomic E-state index is 0.265. The van der Waals surface area contributed by atoms with E-state index in [9.17, 15) is 9.59 Å². The summed E-state index contributed by atoms with van der Waals surface area (Å²) in [7, 11) is 3.08. The summed E-state index contributed by atoms with van der Waals surface area (Å²) in [6.45, 7) is 4.49. The van der Waals surface area contributed by atoms with Crippen LogP contribution in [0.25, 0.3) is 0 Å². The van der Waals surface area contributed by atoms with Crippen LogP contribution in [0.1, 0.15) is 36.5 Å². The van der Waals surface area contributed by atoms with Gasteiger partial charge in [-0.2, -0.15) is 5.10 Å². The third-order valence-electron chi connectivity index (χ3n) is 4.12. The summed E-state index contributed by atoms with van der Waals surface area (Å²) < 4.78 is 10.4. The van der Waals surface area contributed by atoms with Crippen LogP contribution in [0.15, 0.2) is 47.6 Å². The van der Waals surface area contributed by atoms with Crippen LogP contribution in [0.3, 0.4) is 0 Å². The van der Waals surface area contributed by atoms with E-state index < -0.39 is 11.8 Å². The van der Waals surface area contributed by atoms with E-state index in [0.717, 1.165) is 5.56 Å². The minimum atomic E-state index is -0.845. The summed E-state index contributed by atoms with van der Waals surface area (Å²) in [4.78, 5) is 23.8. The fraction of sp³-hybridized carbons (Fsp3) is 0.286. The van der Waals surface area contributed by atoms with E-state index in [1.165, 1.54) is 18.9 Å². The van der Waals surface area contributed by atoms with Crippen molar-refractivity contribution < 1.29 is 19.1 Å². The predicted molar refractivity (Wildman–Crippen MR) is 108 cm³/mol. The van der Waals surface area contributed by atoms with Gasteiger partial charge in [0.15, 0.2) is 0 Å². The highest BCUT2D eigenvalue weighted by atomic mass is 16.5. The Hall–Kier alpha value is -3.35. The third-order valence-corrected chi connectivity index (χ3v) is 4.12. The van der Waals surface area contributed by atoms with Crippen LogP contribution < -0.4 is 20.2 Å². The van der Waals surface area contributed by atoms with E-state index in [1.54, 1.807) is 25.3 Å². The topological polar surface area (TPSA) is 89.0 Å². The average molecular weight is 383 g/mol. The lowest BCUT2D eigenvalue weighted by Crippen LogP contribution is -2.37. The number of nitrogens with one attached hydrogen (secondary N) is 2. The van der Waals surface area contributed by atoms with Crippen LogP contribution in [-0.4, -0.2) is 32.2 Å². The molecule has 0 aliphatic heterocycles. The van der Waals surface area contributed by atoms with Crippen LogP contribution >= 0.6 is 0 Å². The number of nitrogens with zero attached hydrogens (tertiary/aromatic N) is 1. The van der Waals surface area contributed by atoms with Crippen molar-refractivity contribution in [1.29, 1.82) is 0 Å². The lowest BCUT2D eigenvalue weighted by molar-refractivity contribution is -0.139. The number of hydrogen-bond donors (Lipinski definition) is 2. The zero-order chi connectivity index (χ0) is 20.5. The quantitative estimate of drug-likeness (QED) is 0.437. The Morgan fingerprint density at radius 2 is 1.75 bits per heavy atom. The van der Waals surface area contributed by atoms with Crippen LogP contribution in [0, 0.1) is 0 Å². The first-order valence-electron chi connectivity index (χ1n) is 8.86. The maximum absolute atomic E-state index is 11.9. The Kier molecular flexibility index (Phi) is 7.56. The van der Waals surface area contributed by atoms with Crippen molar-refractivity contribution in [1.82, 2.24) is 10.7 Å². The van der Waals surface area contributed by atoms with Gasteiger partial charge in [0.2, 0.25) is 0 Å². The van der Waals surface area contributed by atoms with E-state index >= 15 is 0 Å². The Labute approximate surface area is 164 Å². The summed E-state index contributed by atoms with van der Waals surface area (Å²) in [5.74, 6) is 0.0106. The molecule has 0 aliphatic rings. The Balaban J connectivity index is 1.87. The van der Waals surface area contributed by atoms with Crippen LogP contribution in [0.2, 0.25) is 0 Å². The van der Waals surface area contributed by atoms with Crippen LogP contribution in [0.4, 0.5) is 0 Å². The molecule has 0 unspecified atom stereocenters. The molecule has 0 heterocycles. The van der Waals surface area contributed by atoms with E-state index in [4.69, 9.17) is 9.47 Å². The highest BCUT2D eigenvalue weighted by molar-refractivity contribution is 6.35. The van der Waals surface area contributed by atoms with Gasteiger partial charge >= 0.3 is 11.8 Å². The average Bonchev–Trinajstić information content (AvgIpc) is 2.72. The molecular formula is C21H25N3O4. The number of methoxy groups -OCH3 is 2. The van der Waals surface area contributed by atoms with E-state index in [1.807, 2.05) is 24.3 Å². The third kappa shape index (κ3) is 5.84. The molecule has 0 radical (unpaired) electrons. The summed E-state index contributed by atoms with van der Waals surface area (Å²) >= 11 is 0. The summed E-state index contributed by atoms with van der Waals surface area (Å²) in [5, 5.41) is 6.37. The molecule has 28 heavy (non-hydrogen) atoms. The molecule has 0 saturated heterocycles. The van der Waals surface area contributed by atoms with Crippen molar-refractivity contribution in [3.8, 4) is 11.5 Å². The summed E-state index contributed by atoms with van der Waals surface area (Å²) in [5.41, 5.74) is 4.97. The SMILES string of the molecule is COc1ccc(/C=N\NC(=O)C(=O)NCc2ccc(C(C)C)cc2)c(OC)c1. The second-order valence-electron chi connectivity index (χ2n) is 6.39. The van der Waals surface area contributed by atoms with E-state index in [2.05, 4.69) is 29.7 Å². The zero-order valence-electron chi connectivity index (χ0n) is 16.5. The number of carbonyl (C=O) groups excluding carboxylic acids is 2. The van der Waals surface area contributed by atoms with Gasteiger partial charge in [0.1, 0.15) is 11.5 Å². The van der Waals surface area contributed by atoms with Gasteiger partial charge in [0.05, 0.1) is 20.4 Å². The first-order chi connectivity index (χ1) is 13.4. The normalized spacial score (nSPS) is 10.8. The fourth-order valence-corrected chi connectivity index (χ4v) is 2.42. The molecule has 0 aliphatic carbocycles. The van der Waals surface area contributed by atoms with Gasteiger partial charge < -0.3 is 14.8 Å². The second kappa shape index (κ2) is 10.1. The molecule has 0 aromatic heterocycles. The highest BCUT2D eigenvalue weighted by Crippen LogP contribution is 2.23. The largest absolute Gasteiger partial charge is 0.497 e. The molecule has 7 nitrogen and oxygen atoms in total. The number of rotatable bonds is 7. The summed E-state index contributed by atoms with van der Waals surface area (Å²) in [6.07, 6.45) is 1.40. The van der Waals surface area contributed by atoms with Gasteiger partial charge in [-0.1, -0.05) is 38.1 Å². The molecule has 2 N–H and O–H groups in total. The number of ether oxygens (including phenoxy) is 2. The van der Waals surface area contributed by atoms with Crippen LogP contribution in [-0.2, 0) is 16.1 Å². The summed E-state index contributed by atoms with van der Waals surface area (Å²) in [6, 6.07) is 13.1. The lowest BCUT2D eigenvalue weighted by atomic mass is 10.0. The minimum Gasteiger partial charge on any atom is -0.497 e. The molecule has 2 rings (SSSR count). The fourth-order valence-electron chi connectivity index (χ4n) is 2.42. The molecule has 2 aromatic rings. The number of hydrazone groups is 1. The Morgan fingerprint density at radius 1 is 1.04 bits per heavy atom. The Bertz CT molecular complexity index is 845. The molecule has 7 heteroatoms. The lowest BCUT2D eigenvalue weighted by Gasteiger charge is -2.08. The molecular weight excluding hydrogens is 358 g/mol. The second-order valence-corrected chi connectivity index (χ2v) is 6.39. The van der Waals surface area contributed by atoms with Crippen molar-refractivity contribution >= 4 is 18.0 Å². The first kappa shape index (κ1) is 21.0. The maximum Gasteiger partial charge on any atom is 0.329 e. The maximum atomic E-state index is 11.9. The van der Waals surface area contributed by atoms with Gasteiger partial charge in [0, 0.05) is 18.2 Å². The highest BCUT2D eigenvalue weighted by Gasteiger charge is 2.12. The Morgan fingerprint density at radius 3 is 2.36 bits per heavy atom. The van der Waals surface area contributed by atoms with E-state index in [0.29, 0.717) is 23.0 Å². The smallest absolute Gasteiger partial charge is 0.329 e. The van der Waals surface area contributed by atoms with Crippen molar-refractivity contribution in [2.45, 2.75) is 26.3 Å². The predicted octanol–water partition coefficient (Wildman–Crippen LogP) is 2.59. The molecule has 0 fully saturated rings. The zero-order valence-corrected chi connectivity index (χ0v) is 16.5. The molecule has 0 saturated carbocycles. The van der Waals surface area contributed by atoms with Crippen molar-refractivity contribution in [2.24, 2.45) is 5.10 Å². The van der Waals surface area contributed by atoms with Gasteiger partial charge in [-0.05, 0) is 29.2 Å². The van der Waals surface area contributed by atoms with Gasteiger partial charge in [0.25, 0.3) is 0 Å². The molecule has 0 atom stereocenters. The van der Waals surface area contributed by atoms with E-state index in [-0.39, 0.29) is 6.54 Å². The molecule has 148 valence electrons. The molecule has 0 bridgehead atoms. The monoisotopic (exact) mass is 383 g/mol. The molecule has 2 amide bonds. The van der Waals surface area contributed by atoms with Crippen LogP contribution in [0.5, 0.6) is 11.5 Å². The molecule has 2 aromatic carbocycles. The molecule has 0 spiro atoms. The number of carbonyl (C=O) groups is 2. The number of hydrogen-bond acceptors (Lipinski definition) is 5. The van der Waals surface area contributed by atoms with Crippen molar-refractivity contribution in [3.63, 3.8) is 0 Å². The van der Waals surface area contributed by atoms with Gasteiger partial charge in [-0.25, -0.2) is 5.43 Å². The standard InChI is InChI=1S/C21H25N3O4/c1-14(2)16-7-5-15(6-8-16)12-22-20(25)21(26)24-23-13-17-9-10-18(27-3)11-19(17)28-4/h5-11,13-14H,12H2,1-4H3,(H,22,25)(H,24,26)/b23-13-. The van der Waals surface area contributed by atoms with Crippen molar-refractivity contribution in [3.05, 3.63) is 59.2 Å². The van der Waals surface area contributed by atoms with Crippen molar-refractivity contribution in [2.75, 3.05) is 14.2 Å². The van der Waals surface area contributed by atoms with Gasteiger partial charge in [-0.15, -0.1) is 0 Å². The van der Waals surface area contributed by atoms with Gasteiger partial charge in [-0.3, -0.25) is 9.59 Å². The first-order valence-corrected chi connectivity index (χ1v) is 8.86.